The number of aliphatic hydroxyl groups excluding tert-OH is 1. The van der Waals surface area contributed by atoms with Gasteiger partial charge in [0.05, 0.1) is 39.9 Å². The van der Waals surface area contributed by atoms with Crippen molar-refractivity contribution in [1.82, 2.24) is 5.32 Å². The first-order valence-corrected chi connectivity index (χ1v) is 29.8. The third kappa shape index (κ3) is 51.8. The van der Waals surface area contributed by atoms with E-state index in [0.29, 0.717) is 17.4 Å². The highest BCUT2D eigenvalue weighted by molar-refractivity contribution is 7.45. The smallest absolute Gasteiger partial charge is 0.268 e. The monoisotopic (exact) mass is 973 g/mol. The number of likely N-dealkylation sites (N-methyl/N-ethyl adjacent to an activating group) is 1. The molecular formula is C59H109N2O6P. The first-order valence-electron chi connectivity index (χ1n) is 28.3. The fourth-order valence-corrected chi connectivity index (χ4v) is 8.71. The molecule has 0 radical (unpaired) electrons. The fraction of sp³-hybridized carbons (Fsp3) is 0.780. The maximum absolute atomic E-state index is 13.0. The predicted molar refractivity (Wildman–Crippen MR) is 293 cm³/mol. The van der Waals surface area contributed by atoms with Gasteiger partial charge in [-0.25, -0.2) is 0 Å². The Balaban J connectivity index is 4.27. The summed E-state index contributed by atoms with van der Waals surface area (Å²) in [5.74, 6) is -0.210. The van der Waals surface area contributed by atoms with Crippen molar-refractivity contribution in [3.63, 3.8) is 0 Å². The minimum absolute atomic E-state index is 0.00900. The minimum Gasteiger partial charge on any atom is -0.756 e. The highest BCUT2D eigenvalue weighted by atomic mass is 31.2. The van der Waals surface area contributed by atoms with E-state index in [1.165, 1.54) is 161 Å². The molecule has 3 atom stereocenters. The molecule has 0 aromatic heterocycles. The summed E-state index contributed by atoms with van der Waals surface area (Å²) < 4.78 is 23.3. The number of hydrogen-bond donors (Lipinski definition) is 2. The van der Waals surface area contributed by atoms with Crippen molar-refractivity contribution in [3.8, 4) is 0 Å². The molecule has 9 heteroatoms. The SMILES string of the molecule is CC/C=C\C/C=C\C/C=C\C/C=C\CCCCCCCCCCCCCCC(=O)NC(COP(=O)([O-])OCC[N+](C)(C)C)C(O)/C=C/CC/C=C/CCCCCCCCCCCCCCCCC. The number of carbonyl (C=O) groups excluding carboxylic acids is 1. The topological polar surface area (TPSA) is 108 Å². The van der Waals surface area contributed by atoms with E-state index < -0.39 is 26.6 Å². The number of nitrogens with one attached hydrogen (secondary N) is 1. The highest BCUT2D eigenvalue weighted by Crippen LogP contribution is 2.38. The number of quaternary nitrogens is 1. The molecule has 8 nitrogen and oxygen atoms in total. The van der Waals surface area contributed by atoms with Crippen LogP contribution in [0.15, 0.2) is 72.9 Å². The third-order valence-corrected chi connectivity index (χ3v) is 13.4. The summed E-state index contributed by atoms with van der Waals surface area (Å²) in [5, 5.41) is 13.9. The van der Waals surface area contributed by atoms with Crippen molar-refractivity contribution >= 4 is 13.7 Å². The summed E-state index contributed by atoms with van der Waals surface area (Å²) in [6, 6.07) is -0.908. The molecule has 68 heavy (non-hydrogen) atoms. The molecule has 0 fully saturated rings. The Bertz CT molecular complexity index is 1330. The van der Waals surface area contributed by atoms with E-state index in [4.69, 9.17) is 9.05 Å². The van der Waals surface area contributed by atoms with Gasteiger partial charge in [0, 0.05) is 6.42 Å². The van der Waals surface area contributed by atoms with Crippen molar-refractivity contribution in [2.24, 2.45) is 0 Å². The van der Waals surface area contributed by atoms with Crippen LogP contribution in [0, 0.1) is 0 Å². The van der Waals surface area contributed by atoms with Crippen molar-refractivity contribution < 1.29 is 32.9 Å². The summed E-state index contributed by atoms with van der Waals surface area (Å²) in [5.41, 5.74) is 0. The van der Waals surface area contributed by atoms with Gasteiger partial charge in [0.15, 0.2) is 0 Å². The Morgan fingerprint density at radius 1 is 0.529 bits per heavy atom. The van der Waals surface area contributed by atoms with Crippen LogP contribution < -0.4 is 10.2 Å². The van der Waals surface area contributed by atoms with E-state index >= 15 is 0 Å². The normalized spacial score (nSPS) is 14.5. The molecule has 2 N–H and O–H groups in total. The second kappa shape index (κ2) is 49.9. The molecule has 1 amide bonds. The molecule has 0 saturated carbocycles. The maximum atomic E-state index is 13.0. The average Bonchev–Trinajstić information content (AvgIpc) is 3.30. The van der Waals surface area contributed by atoms with Gasteiger partial charge in [0.2, 0.25) is 5.91 Å². The Morgan fingerprint density at radius 3 is 1.37 bits per heavy atom. The van der Waals surface area contributed by atoms with E-state index in [2.05, 4.69) is 79.9 Å². The molecule has 0 spiro atoms. The molecule has 0 aliphatic carbocycles. The van der Waals surface area contributed by atoms with Crippen molar-refractivity contribution in [3.05, 3.63) is 72.9 Å². The number of phosphoric acid groups is 1. The lowest BCUT2D eigenvalue weighted by molar-refractivity contribution is -0.870. The standard InChI is InChI=1S/C59H109N2O6P/c1-6-8-10-12-14-16-18-20-22-24-26-28-29-30-31-33-35-37-39-41-43-45-47-49-51-53-59(63)60-57(56-67-68(64,65)66-55-54-61(3,4)5)58(62)52-50-48-46-44-42-40-38-36-34-32-27-25-23-21-19-17-15-13-11-9-7-2/h8,10,14,16,20,22,26,28,42,44,50,52,57-58,62H,6-7,9,11-13,15,17-19,21,23-25,27,29-41,43,45-49,51,53-56H2,1-5H3,(H-,60,63,64,65)/b10-8-,16-14-,22-20-,28-26-,44-42+,52-50+. The lowest BCUT2D eigenvalue weighted by Gasteiger charge is -2.29. The van der Waals surface area contributed by atoms with Gasteiger partial charge in [0.1, 0.15) is 13.2 Å². The maximum Gasteiger partial charge on any atom is 0.268 e. The second-order valence-corrected chi connectivity index (χ2v) is 21.7. The van der Waals surface area contributed by atoms with Crippen LogP contribution in [0.5, 0.6) is 0 Å². The molecule has 0 aromatic carbocycles. The minimum atomic E-state index is -4.61. The van der Waals surface area contributed by atoms with Crippen molar-refractivity contribution in [2.45, 2.75) is 257 Å². The molecule has 0 heterocycles. The third-order valence-electron chi connectivity index (χ3n) is 12.4. The van der Waals surface area contributed by atoms with E-state index in [0.717, 1.165) is 64.2 Å². The number of hydrogen-bond acceptors (Lipinski definition) is 6. The number of phosphoric ester groups is 1. The molecule has 0 aromatic rings. The van der Waals surface area contributed by atoms with Crippen molar-refractivity contribution in [1.29, 1.82) is 0 Å². The van der Waals surface area contributed by atoms with Crippen LogP contribution in [0.4, 0.5) is 0 Å². The molecule has 0 aliphatic rings. The molecular weight excluding hydrogens is 864 g/mol. The molecule has 396 valence electrons. The summed E-state index contributed by atoms with van der Waals surface area (Å²) in [6.07, 6.45) is 68.3. The molecule has 0 bridgehead atoms. The quantitative estimate of drug-likeness (QED) is 0.0272. The Kier molecular flexibility index (Phi) is 48.4. The highest BCUT2D eigenvalue weighted by Gasteiger charge is 2.23. The predicted octanol–water partition coefficient (Wildman–Crippen LogP) is 16.5. The summed E-state index contributed by atoms with van der Waals surface area (Å²) in [6.45, 7) is 4.53. The second-order valence-electron chi connectivity index (χ2n) is 20.3. The number of nitrogens with zero attached hydrogens (tertiary/aromatic N) is 1. The van der Waals surface area contributed by atoms with Gasteiger partial charge in [0.25, 0.3) is 7.82 Å². The molecule has 0 saturated heterocycles. The molecule has 0 aliphatic heterocycles. The van der Waals surface area contributed by atoms with Crippen LogP contribution in [0.25, 0.3) is 0 Å². The van der Waals surface area contributed by atoms with Crippen LogP contribution in [-0.2, 0) is 18.4 Å². The zero-order chi connectivity index (χ0) is 49.9. The largest absolute Gasteiger partial charge is 0.756 e. The number of amides is 1. The Morgan fingerprint density at radius 2 is 0.912 bits per heavy atom. The Hall–Kier alpha value is -2.06. The van der Waals surface area contributed by atoms with Gasteiger partial charge in [-0.1, -0.05) is 241 Å². The molecule has 3 unspecified atom stereocenters. The number of rotatable bonds is 51. The first-order chi connectivity index (χ1) is 33.0. The zero-order valence-corrected chi connectivity index (χ0v) is 45.9. The van der Waals surface area contributed by atoms with E-state index in [1.54, 1.807) is 6.08 Å². The number of carbonyl (C=O) groups is 1. The van der Waals surface area contributed by atoms with Crippen molar-refractivity contribution in [2.75, 3.05) is 40.9 Å². The summed E-state index contributed by atoms with van der Waals surface area (Å²) in [7, 11) is 1.24. The van der Waals surface area contributed by atoms with Crippen LogP contribution >= 0.6 is 7.82 Å². The van der Waals surface area contributed by atoms with E-state index in [-0.39, 0.29) is 12.5 Å². The first kappa shape index (κ1) is 65.9. The lowest BCUT2D eigenvalue weighted by atomic mass is 10.0. The summed E-state index contributed by atoms with van der Waals surface area (Å²) in [4.78, 5) is 25.5. The number of allylic oxidation sites excluding steroid dienone is 11. The van der Waals surface area contributed by atoms with Crippen LogP contribution in [-0.4, -0.2) is 68.5 Å². The van der Waals surface area contributed by atoms with Gasteiger partial charge in [-0.05, 0) is 70.6 Å². The van der Waals surface area contributed by atoms with Gasteiger partial charge >= 0.3 is 0 Å². The van der Waals surface area contributed by atoms with Crippen LogP contribution in [0.2, 0.25) is 0 Å². The van der Waals surface area contributed by atoms with Gasteiger partial charge in [-0.15, -0.1) is 0 Å². The summed E-state index contributed by atoms with van der Waals surface area (Å²) >= 11 is 0. The van der Waals surface area contributed by atoms with E-state index in [9.17, 15) is 19.4 Å². The fourth-order valence-electron chi connectivity index (χ4n) is 7.98. The van der Waals surface area contributed by atoms with Gasteiger partial charge < -0.3 is 28.8 Å². The number of unbranched alkanes of at least 4 members (excludes halogenated alkanes) is 28. The van der Waals surface area contributed by atoms with Gasteiger partial charge in [-0.3, -0.25) is 9.36 Å². The lowest BCUT2D eigenvalue weighted by Crippen LogP contribution is -2.45. The van der Waals surface area contributed by atoms with Crippen LogP contribution in [0.1, 0.15) is 245 Å². The average molecular weight is 974 g/mol. The zero-order valence-electron chi connectivity index (χ0n) is 45.0. The number of aliphatic hydroxyl groups is 1. The molecule has 0 rings (SSSR count). The van der Waals surface area contributed by atoms with Gasteiger partial charge in [-0.2, -0.15) is 0 Å². The Labute approximate surface area is 421 Å². The van der Waals surface area contributed by atoms with E-state index in [1.807, 2.05) is 27.2 Å². The van der Waals surface area contributed by atoms with Crippen LogP contribution in [0.3, 0.4) is 0 Å².